The fourth-order valence-electron chi connectivity index (χ4n) is 2.97. The number of imidazole rings is 2. The van der Waals surface area contributed by atoms with Gasteiger partial charge in [0.25, 0.3) is 0 Å². The first-order chi connectivity index (χ1) is 11.7. The Bertz CT molecular complexity index is 885. The van der Waals surface area contributed by atoms with Gasteiger partial charge in [0.15, 0.2) is 0 Å². The fraction of sp³-hybridized carbons (Fsp3) is 0.100. The van der Waals surface area contributed by atoms with Crippen LogP contribution in [0.3, 0.4) is 0 Å². The van der Waals surface area contributed by atoms with Crippen LogP contribution in [0.1, 0.15) is 11.1 Å². The third-order valence-electron chi connectivity index (χ3n) is 4.16. The van der Waals surface area contributed by atoms with Crippen LogP contribution in [-0.2, 0) is 0 Å². The van der Waals surface area contributed by atoms with E-state index < -0.39 is 0 Å². The molecule has 2 heterocycles. The van der Waals surface area contributed by atoms with Gasteiger partial charge in [-0.05, 0) is 37.1 Å². The molecule has 4 rings (SSSR count). The van der Waals surface area contributed by atoms with E-state index in [1.54, 1.807) is 12.4 Å². The molecule has 0 spiro atoms. The second-order valence-corrected chi connectivity index (χ2v) is 5.98. The number of aryl methyl sites for hydroxylation is 2. The summed E-state index contributed by atoms with van der Waals surface area (Å²) in [7, 11) is 0. The lowest BCUT2D eigenvalue weighted by atomic mass is 9.98. The number of hydrogen-bond donors (Lipinski definition) is 0. The molecule has 2 aromatic heterocycles. The van der Waals surface area contributed by atoms with Gasteiger partial charge in [0.1, 0.15) is 0 Å². The van der Waals surface area contributed by atoms with Gasteiger partial charge in [-0.15, -0.1) is 0 Å². The van der Waals surface area contributed by atoms with Gasteiger partial charge in [-0.25, -0.2) is 9.97 Å². The van der Waals surface area contributed by atoms with Crippen molar-refractivity contribution in [3.05, 3.63) is 85.0 Å². The van der Waals surface area contributed by atoms with E-state index >= 15 is 0 Å². The van der Waals surface area contributed by atoms with E-state index in [0.29, 0.717) is 0 Å². The van der Waals surface area contributed by atoms with Crippen molar-refractivity contribution in [1.82, 2.24) is 19.1 Å². The predicted octanol–water partition coefficient (Wildman–Crippen LogP) is 4.34. The Balaban J connectivity index is 1.98. The maximum absolute atomic E-state index is 4.20. The molecule has 0 fully saturated rings. The molecule has 0 unspecified atom stereocenters. The molecule has 0 radical (unpaired) electrons. The van der Waals surface area contributed by atoms with Gasteiger partial charge in [0.2, 0.25) is 0 Å². The van der Waals surface area contributed by atoms with Crippen LogP contribution < -0.4 is 0 Å². The molecular formula is C20H18N4. The highest BCUT2D eigenvalue weighted by molar-refractivity contribution is 5.80. The van der Waals surface area contributed by atoms with Crippen LogP contribution in [0, 0.1) is 13.8 Å². The highest BCUT2D eigenvalue weighted by atomic mass is 15.0. The Morgan fingerprint density at radius 2 is 1.12 bits per heavy atom. The monoisotopic (exact) mass is 314 g/mol. The van der Waals surface area contributed by atoms with Gasteiger partial charge < -0.3 is 9.13 Å². The zero-order valence-electron chi connectivity index (χ0n) is 13.7. The molecule has 4 nitrogen and oxygen atoms in total. The maximum atomic E-state index is 4.20. The van der Waals surface area contributed by atoms with Gasteiger partial charge in [0, 0.05) is 35.9 Å². The third-order valence-corrected chi connectivity index (χ3v) is 4.16. The quantitative estimate of drug-likeness (QED) is 0.564. The van der Waals surface area contributed by atoms with Crippen LogP contribution in [0.5, 0.6) is 0 Å². The second-order valence-electron chi connectivity index (χ2n) is 5.98. The first kappa shape index (κ1) is 14.5. The van der Waals surface area contributed by atoms with E-state index in [4.69, 9.17) is 0 Å². The predicted molar refractivity (Wildman–Crippen MR) is 95.6 cm³/mol. The van der Waals surface area contributed by atoms with Crippen LogP contribution in [0.25, 0.3) is 22.5 Å². The standard InChI is InChI=1S/C20H18N4/c1-15-3-5-17(19(11-15)23-9-7-21-13-23)18-6-4-16(2)12-20(18)24-10-8-22-14-24/h3-14H,1-2H3. The average Bonchev–Trinajstić information content (AvgIpc) is 3.29. The van der Waals surface area contributed by atoms with Crippen molar-refractivity contribution in [2.45, 2.75) is 13.8 Å². The number of benzene rings is 2. The molecule has 4 aromatic rings. The van der Waals surface area contributed by atoms with Crippen molar-refractivity contribution >= 4 is 0 Å². The van der Waals surface area contributed by atoms with E-state index in [-0.39, 0.29) is 0 Å². The molecule has 0 bridgehead atoms. The summed E-state index contributed by atoms with van der Waals surface area (Å²) in [5.41, 5.74) is 7.03. The summed E-state index contributed by atoms with van der Waals surface area (Å²) in [6.07, 6.45) is 11.2. The molecule has 0 aliphatic rings. The van der Waals surface area contributed by atoms with Crippen LogP contribution >= 0.6 is 0 Å². The Hall–Kier alpha value is -3.14. The van der Waals surface area contributed by atoms with E-state index in [1.807, 2.05) is 25.0 Å². The summed E-state index contributed by atoms with van der Waals surface area (Å²) >= 11 is 0. The lowest BCUT2D eigenvalue weighted by Crippen LogP contribution is -2.00. The van der Waals surface area contributed by atoms with Crippen molar-refractivity contribution in [1.29, 1.82) is 0 Å². The SMILES string of the molecule is Cc1ccc(-c2ccc(C)cc2-n2ccnc2)c(-n2ccnc2)c1. The summed E-state index contributed by atoms with van der Waals surface area (Å²) in [6.45, 7) is 4.21. The van der Waals surface area contributed by atoms with Crippen LogP contribution in [-0.4, -0.2) is 19.1 Å². The lowest BCUT2D eigenvalue weighted by molar-refractivity contribution is 1.04. The molecule has 0 atom stereocenters. The highest BCUT2D eigenvalue weighted by Crippen LogP contribution is 2.33. The molecule has 0 aliphatic carbocycles. The molecule has 0 N–H and O–H groups in total. The number of nitrogens with zero attached hydrogens (tertiary/aromatic N) is 4. The van der Waals surface area contributed by atoms with Crippen molar-refractivity contribution in [2.75, 3.05) is 0 Å². The van der Waals surface area contributed by atoms with Crippen molar-refractivity contribution in [3.8, 4) is 22.5 Å². The van der Waals surface area contributed by atoms with Gasteiger partial charge in [-0.1, -0.05) is 24.3 Å². The van der Waals surface area contributed by atoms with Crippen LogP contribution in [0.15, 0.2) is 73.8 Å². The van der Waals surface area contributed by atoms with Crippen molar-refractivity contribution < 1.29 is 0 Å². The first-order valence-corrected chi connectivity index (χ1v) is 7.91. The summed E-state index contributed by atoms with van der Waals surface area (Å²) in [6, 6.07) is 13.0. The van der Waals surface area contributed by atoms with E-state index in [0.717, 1.165) is 11.4 Å². The van der Waals surface area contributed by atoms with Gasteiger partial charge in [-0.3, -0.25) is 0 Å². The zero-order chi connectivity index (χ0) is 16.5. The molecule has 0 saturated heterocycles. The minimum absolute atomic E-state index is 1.12. The van der Waals surface area contributed by atoms with Crippen molar-refractivity contribution in [3.63, 3.8) is 0 Å². The number of rotatable bonds is 3. The van der Waals surface area contributed by atoms with Crippen molar-refractivity contribution in [2.24, 2.45) is 0 Å². The third kappa shape index (κ3) is 2.52. The van der Waals surface area contributed by atoms with E-state index in [9.17, 15) is 0 Å². The highest BCUT2D eigenvalue weighted by Gasteiger charge is 2.13. The molecule has 2 aromatic carbocycles. The maximum Gasteiger partial charge on any atom is 0.0991 e. The summed E-state index contributed by atoms with van der Waals surface area (Å²) in [5, 5.41) is 0. The summed E-state index contributed by atoms with van der Waals surface area (Å²) in [5.74, 6) is 0. The molecular weight excluding hydrogens is 296 g/mol. The number of aromatic nitrogens is 4. The molecule has 24 heavy (non-hydrogen) atoms. The average molecular weight is 314 g/mol. The van der Waals surface area contributed by atoms with E-state index in [1.165, 1.54) is 22.3 Å². The van der Waals surface area contributed by atoms with E-state index in [2.05, 4.69) is 69.3 Å². The topological polar surface area (TPSA) is 35.6 Å². The van der Waals surface area contributed by atoms with Gasteiger partial charge in [0.05, 0.1) is 24.0 Å². The molecule has 0 amide bonds. The fourth-order valence-corrected chi connectivity index (χ4v) is 2.97. The minimum atomic E-state index is 1.12. The van der Waals surface area contributed by atoms with Gasteiger partial charge >= 0.3 is 0 Å². The largest absolute Gasteiger partial charge is 0.306 e. The Labute approximate surface area is 141 Å². The first-order valence-electron chi connectivity index (χ1n) is 7.91. The minimum Gasteiger partial charge on any atom is -0.306 e. The summed E-state index contributed by atoms with van der Waals surface area (Å²) in [4.78, 5) is 8.39. The smallest absolute Gasteiger partial charge is 0.0991 e. The molecule has 118 valence electrons. The molecule has 0 saturated carbocycles. The van der Waals surface area contributed by atoms with Gasteiger partial charge in [-0.2, -0.15) is 0 Å². The molecule has 0 aliphatic heterocycles. The lowest BCUT2D eigenvalue weighted by Gasteiger charge is -2.16. The van der Waals surface area contributed by atoms with Crippen LogP contribution in [0.4, 0.5) is 0 Å². The number of hydrogen-bond acceptors (Lipinski definition) is 2. The summed E-state index contributed by atoms with van der Waals surface area (Å²) < 4.78 is 4.11. The Kier molecular flexibility index (Phi) is 3.50. The zero-order valence-corrected chi connectivity index (χ0v) is 13.7. The Morgan fingerprint density at radius 3 is 1.50 bits per heavy atom. The van der Waals surface area contributed by atoms with Crippen LogP contribution in [0.2, 0.25) is 0 Å². The molecule has 4 heteroatoms. The normalized spacial score (nSPS) is 10.9. The second kappa shape index (κ2) is 5.81. The Morgan fingerprint density at radius 1 is 0.667 bits per heavy atom.